The molecule has 1 aliphatic rings. The number of ether oxygens (including phenoxy) is 2. The fourth-order valence-electron chi connectivity index (χ4n) is 2.55. The maximum atomic E-state index is 10.0. The highest BCUT2D eigenvalue weighted by molar-refractivity contribution is 5.38. The first kappa shape index (κ1) is 16.3. The van der Waals surface area contributed by atoms with Gasteiger partial charge in [0.1, 0.15) is 18.5 Å². The molecule has 2 N–H and O–H groups in total. The molecule has 0 bridgehead atoms. The van der Waals surface area contributed by atoms with E-state index >= 15 is 0 Å². The molecule has 0 aromatic heterocycles. The lowest BCUT2D eigenvalue weighted by Crippen LogP contribution is -2.23. The Hall–Kier alpha value is -1.10. The zero-order chi connectivity index (χ0) is 15.1. The van der Waals surface area contributed by atoms with Crippen LogP contribution in [0.15, 0.2) is 18.2 Å². The van der Waals surface area contributed by atoms with E-state index in [2.05, 4.69) is 6.92 Å². The second-order valence-corrected chi connectivity index (χ2v) is 5.66. The van der Waals surface area contributed by atoms with Crippen LogP contribution in [0.25, 0.3) is 0 Å². The molecule has 0 spiro atoms. The van der Waals surface area contributed by atoms with Crippen LogP contribution in [0, 0.1) is 0 Å². The molecule has 0 radical (unpaired) electrons. The van der Waals surface area contributed by atoms with E-state index < -0.39 is 6.10 Å². The molecule has 0 saturated heterocycles. The van der Waals surface area contributed by atoms with Crippen molar-refractivity contribution < 1.29 is 19.7 Å². The monoisotopic (exact) mass is 294 g/mol. The van der Waals surface area contributed by atoms with Crippen molar-refractivity contribution in [3.63, 3.8) is 0 Å². The third-order valence-corrected chi connectivity index (χ3v) is 3.79. The minimum Gasteiger partial charge on any atom is -0.491 e. The third kappa shape index (κ3) is 4.99. The van der Waals surface area contributed by atoms with E-state index in [1.54, 1.807) is 0 Å². The molecule has 0 aliphatic heterocycles. The van der Waals surface area contributed by atoms with Gasteiger partial charge in [-0.3, -0.25) is 0 Å². The average molecular weight is 294 g/mol. The third-order valence-electron chi connectivity index (χ3n) is 3.79. The molecular formula is C17H26O4. The summed E-state index contributed by atoms with van der Waals surface area (Å²) in [6.45, 7) is 3.29. The Morgan fingerprint density at radius 2 is 2.19 bits per heavy atom. The molecule has 0 amide bonds. The number of hydrogen-bond acceptors (Lipinski definition) is 4. The van der Waals surface area contributed by atoms with Crippen molar-refractivity contribution in [2.45, 2.75) is 51.2 Å². The summed E-state index contributed by atoms with van der Waals surface area (Å²) in [5, 5.41) is 19.8. The number of rotatable bonds is 8. The summed E-state index contributed by atoms with van der Waals surface area (Å²) >= 11 is 0. The standard InChI is InChI=1S/C17H26O4/c1-2-3-9-20-11-14(18)12-21-15-8-7-13-5-4-6-17(19)16(13)10-15/h7-8,10,14,17-19H,2-6,9,11-12H2,1H3/t14?,17-/m1/s1. The number of unbranched alkanes of at least 4 members (excludes halogenated alkanes) is 1. The molecule has 0 saturated carbocycles. The molecule has 0 fully saturated rings. The van der Waals surface area contributed by atoms with Crippen LogP contribution in [-0.4, -0.2) is 36.1 Å². The van der Waals surface area contributed by atoms with Gasteiger partial charge in [-0.05, 0) is 48.9 Å². The molecule has 4 nitrogen and oxygen atoms in total. The quantitative estimate of drug-likeness (QED) is 0.724. The van der Waals surface area contributed by atoms with Crippen molar-refractivity contribution in [2.24, 2.45) is 0 Å². The van der Waals surface area contributed by atoms with Crippen molar-refractivity contribution in [3.8, 4) is 5.75 Å². The van der Waals surface area contributed by atoms with Crippen molar-refractivity contribution in [3.05, 3.63) is 29.3 Å². The van der Waals surface area contributed by atoms with Gasteiger partial charge in [0.05, 0.1) is 12.7 Å². The van der Waals surface area contributed by atoms with Gasteiger partial charge in [0, 0.05) is 6.61 Å². The second kappa shape index (κ2) is 8.37. The zero-order valence-corrected chi connectivity index (χ0v) is 12.8. The molecular weight excluding hydrogens is 268 g/mol. The van der Waals surface area contributed by atoms with E-state index in [1.807, 2.05) is 18.2 Å². The number of fused-ring (bicyclic) bond motifs is 1. The number of hydrogen-bond donors (Lipinski definition) is 2. The van der Waals surface area contributed by atoms with Crippen molar-refractivity contribution in [1.29, 1.82) is 0 Å². The summed E-state index contributed by atoms with van der Waals surface area (Å²) in [7, 11) is 0. The lowest BCUT2D eigenvalue weighted by Gasteiger charge is -2.22. The van der Waals surface area contributed by atoms with E-state index in [0.29, 0.717) is 19.0 Å². The summed E-state index contributed by atoms with van der Waals surface area (Å²) in [4.78, 5) is 0. The highest BCUT2D eigenvalue weighted by atomic mass is 16.5. The molecule has 2 atom stereocenters. The van der Waals surface area contributed by atoms with Crippen LogP contribution < -0.4 is 4.74 Å². The van der Waals surface area contributed by atoms with Crippen molar-refractivity contribution >= 4 is 0 Å². The molecule has 118 valence electrons. The van der Waals surface area contributed by atoms with Crippen LogP contribution in [0.5, 0.6) is 5.75 Å². The Bertz CT molecular complexity index is 433. The zero-order valence-electron chi connectivity index (χ0n) is 12.8. The Balaban J connectivity index is 1.79. The highest BCUT2D eigenvalue weighted by Gasteiger charge is 2.18. The summed E-state index contributed by atoms with van der Waals surface area (Å²) < 4.78 is 11.0. The van der Waals surface area contributed by atoms with Crippen LogP contribution in [0.3, 0.4) is 0 Å². The number of benzene rings is 1. The summed E-state index contributed by atoms with van der Waals surface area (Å²) in [6, 6.07) is 5.81. The first-order valence-electron chi connectivity index (χ1n) is 7.90. The molecule has 1 unspecified atom stereocenters. The predicted octanol–water partition coefficient (Wildman–Crippen LogP) is 2.61. The van der Waals surface area contributed by atoms with Crippen LogP contribution in [0.1, 0.15) is 49.8 Å². The molecule has 2 rings (SSSR count). The van der Waals surface area contributed by atoms with Crippen LogP contribution in [0.4, 0.5) is 0 Å². The summed E-state index contributed by atoms with van der Waals surface area (Å²) in [5.41, 5.74) is 2.16. The molecule has 21 heavy (non-hydrogen) atoms. The van der Waals surface area contributed by atoms with E-state index in [0.717, 1.165) is 37.7 Å². The fraction of sp³-hybridized carbons (Fsp3) is 0.647. The smallest absolute Gasteiger partial charge is 0.119 e. The molecule has 0 heterocycles. The van der Waals surface area contributed by atoms with Gasteiger partial charge in [0.15, 0.2) is 0 Å². The average Bonchev–Trinajstić information content (AvgIpc) is 2.50. The molecule has 4 heteroatoms. The molecule has 1 aromatic rings. The molecule has 1 aromatic carbocycles. The SMILES string of the molecule is CCCCOCC(O)COc1ccc2c(c1)[C@H](O)CCC2. The Kier molecular flexibility index (Phi) is 6.49. The van der Waals surface area contributed by atoms with Gasteiger partial charge in [-0.1, -0.05) is 19.4 Å². The first-order valence-corrected chi connectivity index (χ1v) is 7.90. The lowest BCUT2D eigenvalue weighted by atomic mass is 9.89. The highest BCUT2D eigenvalue weighted by Crippen LogP contribution is 2.32. The van der Waals surface area contributed by atoms with E-state index in [1.165, 1.54) is 5.56 Å². The van der Waals surface area contributed by atoms with Gasteiger partial charge in [-0.25, -0.2) is 0 Å². The maximum Gasteiger partial charge on any atom is 0.119 e. The van der Waals surface area contributed by atoms with Gasteiger partial charge < -0.3 is 19.7 Å². The number of aryl methyl sites for hydroxylation is 1. The predicted molar refractivity (Wildman–Crippen MR) is 81.6 cm³/mol. The Morgan fingerprint density at radius 3 is 3.00 bits per heavy atom. The lowest BCUT2D eigenvalue weighted by molar-refractivity contribution is 0.0112. The fourth-order valence-corrected chi connectivity index (χ4v) is 2.55. The van der Waals surface area contributed by atoms with Crippen LogP contribution in [0.2, 0.25) is 0 Å². The Labute approximate surface area is 126 Å². The topological polar surface area (TPSA) is 58.9 Å². The normalized spacial score (nSPS) is 19.1. The van der Waals surface area contributed by atoms with Gasteiger partial charge in [-0.2, -0.15) is 0 Å². The van der Waals surface area contributed by atoms with Crippen LogP contribution in [-0.2, 0) is 11.2 Å². The van der Waals surface area contributed by atoms with Gasteiger partial charge in [0.2, 0.25) is 0 Å². The van der Waals surface area contributed by atoms with Gasteiger partial charge in [-0.15, -0.1) is 0 Å². The van der Waals surface area contributed by atoms with Crippen molar-refractivity contribution in [2.75, 3.05) is 19.8 Å². The minimum atomic E-state index is -0.622. The number of aliphatic hydroxyl groups excluding tert-OH is 2. The Morgan fingerprint density at radius 1 is 1.33 bits per heavy atom. The first-order chi connectivity index (χ1) is 10.2. The largest absolute Gasteiger partial charge is 0.491 e. The van der Waals surface area contributed by atoms with E-state index in [9.17, 15) is 10.2 Å². The summed E-state index contributed by atoms with van der Waals surface area (Å²) in [6.07, 6.45) is 3.94. The minimum absolute atomic E-state index is 0.209. The number of aliphatic hydroxyl groups is 2. The van der Waals surface area contributed by atoms with E-state index in [4.69, 9.17) is 9.47 Å². The summed E-state index contributed by atoms with van der Waals surface area (Å²) in [5.74, 6) is 0.697. The molecule has 1 aliphatic carbocycles. The second-order valence-electron chi connectivity index (χ2n) is 5.66. The van der Waals surface area contributed by atoms with Crippen molar-refractivity contribution in [1.82, 2.24) is 0 Å². The van der Waals surface area contributed by atoms with Crippen LogP contribution >= 0.6 is 0 Å². The van der Waals surface area contributed by atoms with Gasteiger partial charge >= 0.3 is 0 Å². The van der Waals surface area contributed by atoms with Gasteiger partial charge in [0.25, 0.3) is 0 Å². The van der Waals surface area contributed by atoms with E-state index in [-0.39, 0.29) is 12.7 Å². The maximum absolute atomic E-state index is 10.0.